The van der Waals surface area contributed by atoms with Crippen LogP contribution in [0.5, 0.6) is 0 Å². The van der Waals surface area contributed by atoms with Gasteiger partial charge in [0.25, 0.3) is 0 Å². The van der Waals surface area contributed by atoms with Gasteiger partial charge in [0, 0.05) is 22.5 Å². The molecule has 3 aliphatic rings. The number of aliphatic hydroxyl groups excluding tert-OH is 1. The zero-order valence-corrected chi connectivity index (χ0v) is 29.8. The van der Waals surface area contributed by atoms with Crippen molar-refractivity contribution in [3.8, 4) is 0 Å². The summed E-state index contributed by atoms with van der Waals surface area (Å²) >= 11 is 9.64. The van der Waals surface area contributed by atoms with Gasteiger partial charge in [-0.15, -0.1) is 0 Å². The lowest BCUT2D eigenvalue weighted by Crippen LogP contribution is -2.66. The van der Waals surface area contributed by atoms with E-state index in [2.05, 4.69) is 31.9 Å². The Hall–Kier alpha value is -3.24. The Labute approximate surface area is 290 Å². The third-order valence-corrected chi connectivity index (χ3v) is 10.5. The fourth-order valence-corrected chi connectivity index (χ4v) is 7.63. The third kappa shape index (κ3) is 6.73. The number of hydrogen-bond acceptors (Lipinski definition) is 5. The van der Waals surface area contributed by atoms with E-state index in [1.807, 2.05) is 94.4 Å². The second-order valence-electron chi connectivity index (χ2n) is 13.7. The van der Waals surface area contributed by atoms with Crippen LogP contribution in [0.3, 0.4) is 0 Å². The van der Waals surface area contributed by atoms with Crippen molar-refractivity contribution >= 4 is 45.3 Å². The molecule has 3 heterocycles. The molecule has 3 atom stereocenters. The van der Waals surface area contributed by atoms with Crippen LogP contribution in [0.2, 0.25) is 5.02 Å². The summed E-state index contributed by atoms with van der Waals surface area (Å²) in [5.41, 5.74) is 2.46. The molecule has 0 radical (unpaired) electrons. The SMILES string of the molecule is CC(O)CC1(C)C(=O)NC2(COC2)c2ccc(Cl)cc21.CCC1(CC(=O)NCc2ccccc2)C(=O)NC(C)(C)c2ccc(Br)cc21. The largest absolute Gasteiger partial charge is 0.393 e. The first kappa shape index (κ1) is 35.1. The van der Waals surface area contributed by atoms with Gasteiger partial charge in [0.15, 0.2) is 0 Å². The number of ether oxygens (including phenoxy) is 1. The Morgan fingerprint density at radius 3 is 2.26 bits per heavy atom. The summed E-state index contributed by atoms with van der Waals surface area (Å²) in [6.45, 7) is 10.9. The maximum absolute atomic E-state index is 13.1. The average Bonchev–Trinajstić information content (AvgIpc) is 2.99. The van der Waals surface area contributed by atoms with Gasteiger partial charge in [-0.3, -0.25) is 14.4 Å². The highest BCUT2D eigenvalue weighted by Gasteiger charge is 2.54. The summed E-state index contributed by atoms with van der Waals surface area (Å²) in [7, 11) is 0. The van der Waals surface area contributed by atoms with Crippen LogP contribution in [0.4, 0.5) is 0 Å². The van der Waals surface area contributed by atoms with Gasteiger partial charge >= 0.3 is 0 Å². The minimum atomic E-state index is -0.866. The number of carbonyl (C=O) groups is 3. The lowest BCUT2D eigenvalue weighted by atomic mass is 9.66. The first-order valence-corrected chi connectivity index (χ1v) is 17.2. The number of carbonyl (C=O) groups excluding carboxylic acids is 3. The molecule has 1 fully saturated rings. The van der Waals surface area contributed by atoms with Crippen molar-refractivity contribution in [1.29, 1.82) is 0 Å². The van der Waals surface area contributed by atoms with E-state index >= 15 is 0 Å². The number of benzene rings is 3. The van der Waals surface area contributed by atoms with Crippen LogP contribution in [0, 0.1) is 0 Å². The maximum Gasteiger partial charge on any atom is 0.231 e. The summed E-state index contributed by atoms with van der Waals surface area (Å²) in [5, 5.41) is 19.5. The van der Waals surface area contributed by atoms with Gasteiger partial charge in [-0.05, 0) is 92.6 Å². The number of halogens is 2. The molecule has 4 N–H and O–H groups in total. The predicted molar refractivity (Wildman–Crippen MR) is 186 cm³/mol. The van der Waals surface area contributed by atoms with Crippen molar-refractivity contribution in [2.24, 2.45) is 0 Å². The van der Waals surface area contributed by atoms with E-state index in [4.69, 9.17) is 16.3 Å². The van der Waals surface area contributed by atoms with E-state index in [0.717, 1.165) is 32.3 Å². The molecule has 3 aromatic carbocycles. The van der Waals surface area contributed by atoms with Crippen LogP contribution in [-0.2, 0) is 47.6 Å². The molecule has 0 saturated carbocycles. The maximum atomic E-state index is 13.1. The molecule has 3 aromatic rings. The van der Waals surface area contributed by atoms with Crippen molar-refractivity contribution < 1.29 is 24.2 Å². The van der Waals surface area contributed by atoms with Gasteiger partial charge in [0.05, 0.1) is 35.7 Å². The zero-order valence-electron chi connectivity index (χ0n) is 27.5. The van der Waals surface area contributed by atoms with E-state index in [-0.39, 0.29) is 24.1 Å². The fraction of sp³-hybridized carbons (Fsp3) is 0.432. The van der Waals surface area contributed by atoms with Crippen LogP contribution in [0.1, 0.15) is 81.7 Å². The van der Waals surface area contributed by atoms with Crippen LogP contribution in [0.25, 0.3) is 0 Å². The molecule has 0 aromatic heterocycles. The second-order valence-corrected chi connectivity index (χ2v) is 15.1. The molecule has 1 saturated heterocycles. The van der Waals surface area contributed by atoms with Gasteiger partial charge in [0.2, 0.25) is 17.7 Å². The minimum Gasteiger partial charge on any atom is -0.393 e. The first-order chi connectivity index (χ1) is 22.2. The van der Waals surface area contributed by atoms with Crippen molar-refractivity contribution in [2.75, 3.05) is 13.2 Å². The Balaban J connectivity index is 0.000000193. The highest BCUT2D eigenvalue weighted by molar-refractivity contribution is 9.10. The highest BCUT2D eigenvalue weighted by Crippen LogP contribution is 2.46. The molecule has 3 aliphatic heterocycles. The summed E-state index contributed by atoms with van der Waals surface area (Å²) in [4.78, 5) is 38.5. The topological polar surface area (TPSA) is 117 Å². The Kier molecular flexibility index (Phi) is 9.96. The molecule has 250 valence electrons. The molecule has 10 heteroatoms. The van der Waals surface area contributed by atoms with Gasteiger partial charge < -0.3 is 25.8 Å². The molecule has 3 unspecified atom stereocenters. The molecule has 3 amide bonds. The Morgan fingerprint density at radius 1 is 0.957 bits per heavy atom. The normalized spacial score (nSPS) is 23.9. The Bertz CT molecular complexity index is 1680. The van der Waals surface area contributed by atoms with Gasteiger partial charge in [0.1, 0.15) is 5.54 Å². The number of amides is 3. The smallest absolute Gasteiger partial charge is 0.231 e. The highest BCUT2D eigenvalue weighted by atomic mass is 79.9. The van der Waals surface area contributed by atoms with E-state index in [0.29, 0.717) is 37.6 Å². The fourth-order valence-electron chi connectivity index (χ4n) is 7.10. The number of fused-ring (bicyclic) bond motifs is 3. The van der Waals surface area contributed by atoms with Crippen LogP contribution >= 0.6 is 27.5 Å². The standard InChI is InChI=1S/C22H25BrN2O2.C15H18ClNO3/c1-4-22(13-19(26)24-14-15-8-6-5-7-9-15)18-12-16(23)10-11-17(18)21(2,3)25-20(22)27;1-9(18)6-14(2)12-5-10(16)3-4-11(12)15(7-20-8-15)17-13(14)19/h5-12H,4,13-14H2,1-3H3,(H,24,26)(H,25,27);3-5,9,18H,6-8H2,1-2H3,(H,17,19). The number of hydrogen-bond donors (Lipinski definition) is 4. The van der Waals surface area contributed by atoms with Crippen molar-refractivity contribution in [2.45, 2.75) is 88.4 Å². The van der Waals surface area contributed by atoms with Crippen LogP contribution in [0.15, 0.2) is 71.2 Å². The van der Waals surface area contributed by atoms with Crippen molar-refractivity contribution in [3.63, 3.8) is 0 Å². The van der Waals surface area contributed by atoms with Crippen molar-refractivity contribution in [3.05, 3.63) is 104 Å². The number of aliphatic hydroxyl groups is 1. The second kappa shape index (κ2) is 13.3. The molecule has 6 rings (SSSR count). The third-order valence-electron chi connectivity index (χ3n) is 9.78. The summed E-state index contributed by atoms with van der Waals surface area (Å²) in [6.07, 6.45) is 0.478. The van der Waals surface area contributed by atoms with E-state index in [9.17, 15) is 19.5 Å². The minimum absolute atomic E-state index is 0.0727. The zero-order chi connectivity index (χ0) is 34.2. The predicted octanol–water partition coefficient (Wildman–Crippen LogP) is 5.89. The van der Waals surface area contributed by atoms with Crippen LogP contribution in [-0.4, -0.2) is 42.1 Å². The quantitative estimate of drug-likeness (QED) is 0.243. The van der Waals surface area contributed by atoms with Gasteiger partial charge in [-0.25, -0.2) is 0 Å². The molecular formula is C37H43BrClN3O5. The van der Waals surface area contributed by atoms with E-state index in [1.54, 1.807) is 6.92 Å². The molecule has 0 aliphatic carbocycles. The van der Waals surface area contributed by atoms with Gasteiger partial charge in [-0.1, -0.05) is 76.9 Å². The molecule has 0 bridgehead atoms. The lowest BCUT2D eigenvalue weighted by Gasteiger charge is -2.51. The molecule has 47 heavy (non-hydrogen) atoms. The van der Waals surface area contributed by atoms with E-state index < -0.39 is 28.0 Å². The number of rotatable bonds is 7. The van der Waals surface area contributed by atoms with E-state index in [1.165, 1.54) is 0 Å². The molecule has 1 spiro atoms. The van der Waals surface area contributed by atoms with Crippen molar-refractivity contribution in [1.82, 2.24) is 16.0 Å². The van der Waals surface area contributed by atoms with Crippen LogP contribution < -0.4 is 16.0 Å². The average molecular weight is 725 g/mol. The summed E-state index contributed by atoms with van der Waals surface area (Å²) < 4.78 is 6.21. The first-order valence-electron chi connectivity index (χ1n) is 16.0. The molecule has 8 nitrogen and oxygen atoms in total. The summed E-state index contributed by atoms with van der Waals surface area (Å²) in [6, 6.07) is 21.4. The Morgan fingerprint density at radius 2 is 1.64 bits per heavy atom. The monoisotopic (exact) mass is 723 g/mol. The summed E-state index contributed by atoms with van der Waals surface area (Å²) in [5.74, 6) is -0.284. The van der Waals surface area contributed by atoms with Gasteiger partial charge in [-0.2, -0.15) is 0 Å². The number of nitrogens with one attached hydrogen (secondary N) is 3. The molecular weight excluding hydrogens is 682 g/mol. The lowest BCUT2D eigenvalue weighted by molar-refractivity contribution is -0.143.